The fourth-order valence-corrected chi connectivity index (χ4v) is 2.76. The van der Waals surface area contributed by atoms with Crippen LogP contribution in [0, 0.1) is 0 Å². The van der Waals surface area contributed by atoms with Gasteiger partial charge in [0, 0.05) is 25.4 Å². The molecule has 2 aromatic rings. The van der Waals surface area contributed by atoms with Crippen LogP contribution in [0.5, 0.6) is 11.5 Å². The van der Waals surface area contributed by atoms with Crippen LogP contribution in [0.1, 0.15) is 26.0 Å². The Kier molecular flexibility index (Phi) is 7.41. The van der Waals surface area contributed by atoms with Gasteiger partial charge >= 0.3 is 0 Å². The first-order valence-corrected chi connectivity index (χ1v) is 8.99. The molecule has 0 unspecified atom stereocenters. The second-order valence-electron chi connectivity index (χ2n) is 6.17. The first-order valence-electron chi connectivity index (χ1n) is 8.99. The van der Waals surface area contributed by atoms with Crippen molar-refractivity contribution in [3.05, 3.63) is 42.2 Å². The molecule has 3 N–H and O–H groups in total. The second-order valence-corrected chi connectivity index (χ2v) is 6.17. The molecule has 0 aliphatic rings. The van der Waals surface area contributed by atoms with E-state index in [2.05, 4.69) is 29.0 Å². The largest absolute Gasteiger partial charge is 0.457 e. The van der Waals surface area contributed by atoms with Crippen LogP contribution in [-0.2, 0) is 11.2 Å². The number of aromatic nitrogens is 1. The van der Waals surface area contributed by atoms with Crippen LogP contribution in [0.15, 0.2) is 36.5 Å². The van der Waals surface area contributed by atoms with E-state index in [1.807, 2.05) is 19.2 Å². The molecule has 0 atom stereocenters. The van der Waals surface area contributed by atoms with Gasteiger partial charge in [-0.15, -0.1) is 0 Å². The van der Waals surface area contributed by atoms with Gasteiger partial charge in [-0.3, -0.25) is 14.7 Å². The van der Waals surface area contributed by atoms with Gasteiger partial charge in [0.2, 0.25) is 0 Å². The van der Waals surface area contributed by atoms with Crippen molar-refractivity contribution >= 4 is 17.2 Å². The van der Waals surface area contributed by atoms with E-state index in [0.29, 0.717) is 35.8 Å². The van der Waals surface area contributed by atoms with E-state index >= 15 is 0 Å². The second kappa shape index (κ2) is 9.77. The molecule has 0 aliphatic carbocycles. The van der Waals surface area contributed by atoms with Crippen LogP contribution in [0.2, 0.25) is 0 Å². The molecule has 0 amide bonds. The molecule has 1 aromatic heterocycles. The Morgan fingerprint density at radius 1 is 1.23 bits per heavy atom. The van der Waals surface area contributed by atoms with Gasteiger partial charge in [-0.05, 0) is 37.7 Å². The quantitative estimate of drug-likeness (QED) is 0.636. The third-order valence-corrected chi connectivity index (χ3v) is 4.08. The van der Waals surface area contributed by atoms with E-state index in [1.165, 1.54) is 0 Å². The van der Waals surface area contributed by atoms with Crippen molar-refractivity contribution in [1.29, 1.82) is 0 Å². The van der Waals surface area contributed by atoms with Crippen LogP contribution in [0.4, 0.5) is 11.4 Å². The predicted molar refractivity (Wildman–Crippen MR) is 106 cm³/mol. The van der Waals surface area contributed by atoms with Crippen LogP contribution < -0.4 is 15.8 Å². The van der Waals surface area contributed by atoms with E-state index in [9.17, 15) is 4.79 Å². The molecule has 0 spiro atoms. The summed E-state index contributed by atoms with van der Waals surface area (Å²) < 4.78 is 5.85. The summed E-state index contributed by atoms with van der Waals surface area (Å²) >= 11 is 0. The molecule has 0 fully saturated rings. The SMILES string of the molecule is CCCN(CC)CC(=O)Cc1cc(Oc2ccc(NC)c(N)c2)ccn1. The zero-order chi connectivity index (χ0) is 18.9. The van der Waals surface area contributed by atoms with Gasteiger partial charge in [0.25, 0.3) is 0 Å². The van der Waals surface area contributed by atoms with Crippen LogP contribution in [-0.4, -0.2) is 42.3 Å². The van der Waals surface area contributed by atoms with Crippen molar-refractivity contribution in [2.75, 3.05) is 37.7 Å². The van der Waals surface area contributed by atoms with Crippen LogP contribution in [0.25, 0.3) is 0 Å². The molecule has 0 saturated heterocycles. The number of hydrogen-bond donors (Lipinski definition) is 2. The molecular weight excluding hydrogens is 328 g/mol. The molecule has 0 radical (unpaired) electrons. The molecule has 1 heterocycles. The average molecular weight is 356 g/mol. The summed E-state index contributed by atoms with van der Waals surface area (Å²) in [6, 6.07) is 9.05. The number of carbonyl (C=O) groups excluding carboxylic acids is 1. The molecule has 0 aliphatic heterocycles. The highest BCUT2D eigenvalue weighted by Crippen LogP contribution is 2.27. The normalized spacial score (nSPS) is 10.8. The minimum Gasteiger partial charge on any atom is -0.457 e. The lowest BCUT2D eigenvalue weighted by atomic mass is 10.2. The Morgan fingerprint density at radius 3 is 2.65 bits per heavy atom. The van der Waals surface area contributed by atoms with Gasteiger partial charge in [0.15, 0.2) is 5.78 Å². The molecule has 140 valence electrons. The summed E-state index contributed by atoms with van der Waals surface area (Å²) in [5.74, 6) is 1.44. The zero-order valence-corrected chi connectivity index (χ0v) is 15.8. The lowest BCUT2D eigenvalue weighted by Gasteiger charge is -2.18. The third kappa shape index (κ3) is 5.74. The Hall–Kier alpha value is -2.60. The van der Waals surface area contributed by atoms with Gasteiger partial charge < -0.3 is 15.8 Å². The van der Waals surface area contributed by atoms with E-state index in [0.717, 1.165) is 25.2 Å². The van der Waals surface area contributed by atoms with Gasteiger partial charge in [-0.25, -0.2) is 0 Å². The van der Waals surface area contributed by atoms with Crippen molar-refractivity contribution in [2.24, 2.45) is 0 Å². The Balaban J connectivity index is 2.01. The van der Waals surface area contributed by atoms with E-state index in [4.69, 9.17) is 10.5 Å². The number of pyridine rings is 1. The Labute approximate surface area is 155 Å². The highest BCUT2D eigenvalue weighted by Gasteiger charge is 2.11. The number of rotatable bonds is 10. The molecule has 0 saturated carbocycles. The minimum absolute atomic E-state index is 0.160. The topological polar surface area (TPSA) is 80.5 Å². The number of Topliss-reactive ketones (excluding diaryl/α,β-unsaturated/α-hetero) is 1. The summed E-state index contributed by atoms with van der Waals surface area (Å²) in [4.78, 5) is 18.7. The Morgan fingerprint density at radius 2 is 2.00 bits per heavy atom. The number of nitrogen functional groups attached to an aromatic ring is 1. The number of nitrogens with two attached hydrogens (primary N) is 1. The van der Waals surface area contributed by atoms with Gasteiger partial charge in [-0.1, -0.05) is 13.8 Å². The zero-order valence-electron chi connectivity index (χ0n) is 15.8. The molecule has 1 aromatic carbocycles. The number of anilines is 2. The first-order chi connectivity index (χ1) is 12.5. The number of ether oxygens (including phenoxy) is 1. The van der Waals surface area contributed by atoms with E-state index in [1.54, 1.807) is 24.4 Å². The number of carbonyl (C=O) groups is 1. The summed E-state index contributed by atoms with van der Waals surface area (Å²) in [6.45, 7) is 6.45. The van der Waals surface area contributed by atoms with Crippen molar-refractivity contribution < 1.29 is 9.53 Å². The van der Waals surface area contributed by atoms with Gasteiger partial charge in [-0.2, -0.15) is 0 Å². The average Bonchev–Trinajstić information content (AvgIpc) is 2.61. The molecule has 26 heavy (non-hydrogen) atoms. The first kappa shape index (κ1) is 19.7. The van der Waals surface area contributed by atoms with Crippen molar-refractivity contribution in [2.45, 2.75) is 26.7 Å². The fourth-order valence-electron chi connectivity index (χ4n) is 2.76. The third-order valence-electron chi connectivity index (χ3n) is 4.08. The summed E-state index contributed by atoms with van der Waals surface area (Å²) in [5, 5.41) is 3.01. The summed E-state index contributed by atoms with van der Waals surface area (Å²) in [6.07, 6.45) is 3.00. The van der Waals surface area contributed by atoms with Crippen molar-refractivity contribution in [1.82, 2.24) is 9.88 Å². The standard InChI is InChI=1S/C20H28N4O2/c1-4-10-24(5-2)14-16(25)11-15-12-18(8-9-23-15)26-17-6-7-20(22-3)19(21)13-17/h6-9,12-13,22H,4-5,10-11,14,21H2,1-3H3. The number of ketones is 1. The molecule has 0 bridgehead atoms. The highest BCUT2D eigenvalue weighted by molar-refractivity contribution is 5.82. The number of likely N-dealkylation sites (N-methyl/N-ethyl adjacent to an activating group) is 1. The minimum atomic E-state index is 0.160. The van der Waals surface area contributed by atoms with Crippen molar-refractivity contribution in [3.8, 4) is 11.5 Å². The smallest absolute Gasteiger partial charge is 0.152 e. The van der Waals surface area contributed by atoms with Gasteiger partial charge in [0.1, 0.15) is 11.5 Å². The maximum Gasteiger partial charge on any atom is 0.152 e. The fraction of sp³-hybridized carbons (Fsp3) is 0.400. The lowest BCUT2D eigenvalue weighted by Crippen LogP contribution is -2.31. The molecule has 6 nitrogen and oxygen atoms in total. The number of hydrogen-bond acceptors (Lipinski definition) is 6. The maximum atomic E-state index is 12.3. The predicted octanol–water partition coefficient (Wildman–Crippen LogP) is 3.34. The Bertz CT molecular complexity index is 734. The van der Waals surface area contributed by atoms with Crippen molar-refractivity contribution in [3.63, 3.8) is 0 Å². The molecule has 6 heteroatoms. The van der Waals surface area contributed by atoms with E-state index < -0.39 is 0 Å². The van der Waals surface area contributed by atoms with E-state index in [-0.39, 0.29) is 5.78 Å². The van der Waals surface area contributed by atoms with Gasteiger partial charge in [0.05, 0.1) is 30.0 Å². The number of benzene rings is 1. The van der Waals surface area contributed by atoms with Crippen LogP contribution in [0.3, 0.4) is 0 Å². The summed E-state index contributed by atoms with van der Waals surface area (Å²) in [5.41, 5.74) is 8.14. The highest BCUT2D eigenvalue weighted by atomic mass is 16.5. The maximum absolute atomic E-state index is 12.3. The lowest BCUT2D eigenvalue weighted by molar-refractivity contribution is -0.119. The van der Waals surface area contributed by atoms with Crippen LogP contribution >= 0.6 is 0 Å². The monoisotopic (exact) mass is 356 g/mol. The number of nitrogens with zero attached hydrogens (tertiary/aromatic N) is 2. The number of nitrogens with one attached hydrogen (secondary N) is 1. The molecular formula is C20H28N4O2. The molecule has 2 rings (SSSR count). The summed E-state index contributed by atoms with van der Waals surface area (Å²) in [7, 11) is 1.82.